The molecule has 0 spiro atoms. The van der Waals surface area contributed by atoms with Crippen molar-refractivity contribution in [1.82, 2.24) is 4.90 Å². The summed E-state index contributed by atoms with van der Waals surface area (Å²) in [6, 6.07) is 8.34. The van der Waals surface area contributed by atoms with Crippen LogP contribution >= 0.6 is 0 Å². The molecule has 0 aromatic heterocycles. The summed E-state index contributed by atoms with van der Waals surface area (Å²) in [5.74, 6) is 0.246. The lowest BCUT2D eigenvalue weighted by molar-refractivity contribution is -0.116. The minimum atomic E-state index is 0.246. The van der Waals surface area contributed by atoms with Crippen molar-refractivity contribution in [2.24, 2.45) is 0 Å². The first-order valence-electron chi connectivity index (χ1n) is 6.54. The average Bonchev–Trinajstić information content (AvgIpc) is 2.32. The van der Waals surface area contributed by atoms with Crippen LogP contribution in [-0.4, -0.2) is 23.8 Å². The topological polar surface area (TPSA) is 20.3 Å². The van der Waals surface area contributed by atoms with Gasteiger partial charge in [0, 0.05) is 13.0 Å². The van der Waals surface area contributed by atoms with Crippen molar-refractivity contribution in [2.45, 2.75) is 39.2 Å². The third kappa shape index (κ3) is 3.67. The highest BCUT2D eigenvalue weighted by Gasteiger charge is 2.12. The summed E-state index contributed by atoms with van der Waals surface area (Å²) >= 11 is 0. The summed E-state index contributed by atoms with van der Waals surface area (Å²) in [5.41, 5.74) is 2.52. The first kappa shape index (κ1) is 12.3. The van der Waals surface area contributed by atoms with Gasteiger partial charge in [0.2, 0.25) is 0 Å². The molecule has 0 amide bonds. The second-order valence-corrected chi connectivity index (χ2v) is 4.98. The molecule has 0 bridgehead atoms. The Labute approximate surface area is 104 Å². The number of nitrogens with zero attached hydrogens (tertiary/aromatic N) is 1. The summed E-state index contributed by atoms with van der Waals surface area (Å²) in [6.07, 6.45) is 4.57. The molecule has 17 heavy (non-hydrogen) atoms. The van der Waals surface area contributed by atoms with Gasteiger partial charge in [0.1, 0.15) is 5.78 Å². The van der Waals surface area contributed by atoms with Crippen LogP contribution in [0.1, 0.15) is 37.3 Å². The van der Waals surface area contributed by atoms with Crippen molar-refractivity contribution in [2.75, 3.05) is 13.1 Å². The molecule has 0 N–H and O–H groups in total. The smallest absolute Gasteiger partial charge is 0.134 e. The maximum absolute atomic E-state index is 11.2. The fourth-order valence-corrected chi connectivity index (χ4v) is 2.51. The summed E-state index contributed by atoms with van der Waals surface area (Å²) in [6.45, 7) is 5.07. The predicted octanol–water partition coefficient (Wildman–Crippen LogP) is 2.80. The highest BCUT2D eigenvalue weighted by Crippen LogP contribution is 2.16. The molecule has 1 heterocycles. The van der Waals surface area contributed by atoms with E-state index >= 15 is 0 Å². The van der Waals surface area contributed by atoms with Gasteiger partial charge in [-0.2, -0.15) is 0 Å². The number of carbonyl (C=O) groups is 1. The van der Waals surface area contributed by atoms with Crippen molar-refractivity contribution in [3.05, 3.63) is 35.4 Å². The Kier molecular flexibility index (Phi) is 4.32. The second-order valence-electron chi connectivity index (χ2n) is 4.98. The number of ketones is 1. The second kappa shape index (κ2) is 5.97. The normalized spacial score (nSPS) is 17.0. The van der Waals surface area contributed by atoms with Crippen molar-refractivity contribution < 1.29 is 4.79 Å². The Morgan fingerprint density at radius 1 is 1.12 bits per heavy atom. The maximum Gasteiger partial charge on any atom is 0.134 e. The lowest BCUT2D eigenvalue weighted by Crippen LogP contribution is -2.29. The number of piperidine rings is 1. The average molecular weight is 231 g/mol. The number of benzene rings is 1. The van der Waals surface area contributed by atoms with Crippen LogP contribution in [0.15, 0.2) is 24.3 Å². The molecule has 2 rings (SSSR count). The number of hydrogen-bond donors (Lipinski definition) is 0. The molecule has 1 fully saturated rings. The summed E-state index contributed by atoms with van der Waals surface area (Å²) in [5, 5.41) is 0. The molecule has 1 aromatic carbocycles. The zero-order valence-electron chi connectivity index (χ0n) is 10.6. The summed E-state index contributed by atoms with van der Waals surface area (Å²) < 4.78 is 0. The SMILES string of the molecule is CC(=O)Cc1ccccc1CN1CCCCC1. The van der Waals surface area contributed by atoms with Crippen molar-refractivity contribution in [1.29, 1.82) is 0 Å². The van der Waals surface area contributed by atoms with E-state index in [1.54, 1.807) is 6.92 Å². The van der Waals surface area contributed by atoms with E-state index in [2.05, 4.69) is 23.1 Å². The van der Waals surface area contributed by atoms with Gasteiger partial charge in [-0.25, -0.2) is 0 Å². The number of hydrogen-bond acceptors (Lipinski definition) is 2. The highest BCUT2D eigenvalue weighted by atomic mass is 16.1. The van der Waals surface area contributed by atoms with Crippen LogP contribution in [0.4, 0.5) is 0 Å². The molecule has 0 atom stereocenters. The predicted molar refractivity (Wildman–Crippen MR) is 70.0 cm³/mol. The Bertz CT molecular complexity index is 380. The van der Waals surface area contributed by atoms with E-state index in [0.717, 1.165) is 6.54 Å². The van der Waals surface area contributed by atoms with Crippen LogP contribution < -0.4 is 0 Å². The number of rotatable bonds is 4. The van der Waals surface area contributed by atoms with Crippen LogP contribution in [0.2, 0.25) is 0 Å². The fourth-order valence-electron chi connectivity index (χ4n) is 2.51. The molecule has 1 aromatic rings. The zero-order valence-corrected chi connectivity index (χ0v) is 10.6. The van der Waals surface area contributed by atoms with Gasteiger partial charge in [0.25, 0.3) is 0 Å². The van der Waals surface area contributed by atoms with Crippen LogP contribution in [-0.2, 0) is 17.8 Å². The number of carbonyl (C=O) groups excluding carboxylic acids is 1. The fraction of sp³-hybridized carbons (Fsp3) is 0.533. The molecule has 2 heteroatoms. The van der Waals surface area contributed by atoms with Gasteiger partial charge in [-0.05, 0) is 44.0 Å². The van der Waals surface area contributed by atoms with Gasteiger partial charge >= 0.3 is 0 Å². The van der Waals surface area contributed by atoms with E-state index in [4.69, 9.17) is 0 Å². The molecular formula is C15H21NO. The Balaban J connectivity index is 2.05. The zero-order chi connectivity index (χ0) is 12.1. The molecule has 0 aliphatic carbocycles. The molecule has 1 saturated heterocycles. The van der Waals surface area contributed by atoms with E-state index in [-0.39, 0.29) is 5.78 Å². The quantitative estimate of drug-likeness (QED) is 0.794. The monoisotopic (exact) mass is 231 g/mol. The summed E-state index contributed by atoms with van der Waals surface area (Å²) in [7, 11) is 0. The van der Waals surface area contributed by atoms with E-state index in [1.807, 2.05) is 6.07 Å². The van der Waals surface area contributed by atoms with Crippen LogP contribution in [0, 0.1) is 0 Å². The third-order valence-electron chi connectivity index (χ3n) is 3.40. The van der Waals surface area contributed by atoms with Gasteiger partial charge < -0.3 is 0 Å². The van der Waals surface area contributed by atoms with Gasteiger partial charge in [-0.15, -0.1) is 0 Å². The highest BCUT2D eigenvalue weighted by molar-refractivity contribution is 5.78. The van der Waals surface area contributed by atoms with Gasteiger partial charge in [-0.1, -0.05) is 30.7 Å². The van der Waals surface area contributed by atoms with E-state index in [1.165, 1.54) is 43.5 Å². The molecule has 2 nitrogen and oxygen atoms in total. The molecule has 0 radical (unpaired) electrons. The van der Waals surface area contributed by atoms with Crippen LogP contribution in [0.5, 0.6) is 0 Å². The number of likely N-dealkylation sites (tertiary alicyclic amines) is 1. The Morgan fingerprint density at radius 2 is 1.76 bits per heavy atom. The van der Waals surface area contributed by atoms with Crippen molar-refractivity contribution in [3.8, 4) is 0 Å². The Morgan fingerprint density at radius 3 is 2.41 bits per heavy atom. The Hall–Kier alpha value is -1.15. The van der Waals surface area contributed by atoms with Gasteiger partial charge in [0.15, 0.2) is 0 Å². The first-order valence-corrected chi connectivity index (χ1v) is 6.54. The van der Waals surface area contributed by atoms with Crippen molar-refractivity contribution in [3.63, 3.8) is 0 Å². The molecule has 1 aliphatic rings. The maximum atomic E-state index is 11.2. The van der Waals surface area contributed by atoms with Crippen LogP contribution in [0.3, 0.4) is 0 Å². The van der Waals surface area contributed by atoms with Gasteiger partial charge in [-0.3, -0.25) is 9.69 Å². The minimum absolute atomic E-state index is 0.246. The molecule has 0 unspecified atom stereocenters. The molecule has 0 saturated carbocycles. The van der Waals surface area contributed by atoms with E-state index in [9.17, 15) is 4.79 Å². The summed E-state index contributed by atoms with van der Waals surface area (Å²) in [4.78, 5) is 13.7. The molecular weight excluding hydrogens is 210 g/mol. The standard InChI is InChI=1S/C15H21NO/c1-13(17)11-14-7-3-4-8-15(14)12-16-9-5-2-6-10-16/h3-4,7-8H,2,5-6,9-12H2,1H3. The van der Waals surface area contributed by atoms with Crippen molar-refractivity contribution >= 4 is 5.78 Å². The van der Waals surface area contributed by atoms with E-state index < -0.39 is 0 Å². The van der Waals surface area contributed by atoms with Gasteiger partial charge in [0.05, 0.1) is 0 Å². The van der Waals surface area contributed by atoms with Crippen LogP contribution in [0.25, 0.3) is 0 Å². The molecule has 1 aliphatic heterocycles. The minimum Gasteiger partial charge on any atom is -0.300 e. The third-order valence-corrected chi connectivity index (χ3v) is 3.40. The molecule has 92 valence electrons. The van der Waals surface area contributed by atoms with E-state index in [0.29, 0.717) is 6.42 Å². The lowest BCUT2D eigenvalue weighted by atomic mass is 10.0. The first-order chi connectivity index (χ1) is 8.25. The largest absolute Gasteiger partial charge is 0.300 e. The number of Topliss-reactive ketones (excluding diaryl/α,β-unsaturated/α-hetero) is 1. The lowest BCUT2D eigenvalue weighted by Gasteiger charge is -2.27.